The Bertz CT molecular complexity index is 233. The van der Waals surface area contributed by atoms with Gasteiger partial charge in [0.1, 0.15) is 0 Å². The summed E-state index contributed by atoms with van der Waals surface area (Å²) in [6.07, 6.45) is 0. The van der Waals surface area contributed by atoms with Gasteiger partial charge in [-0.3, -0.25) is 0 Å². The van der Waals surface area contributed by atoms with E-state index in [0.29, 0.717) is 0 Å². The van der Waals surface area contributed by atoms with Crippen LogP contribution in [0.25, 0.3) is 0 Å². The van der Waals surface area contributed by atoms with Crippen molar-refractivity contribution >= 4 is 11.6 Å². The molecule has 0 spiro atoms. The van der Waals surface area contributed by atoms with E-state index in [1.165, 1.54) is 9.13 Å². The van der Waals surface area contributed by atoms with Crippen LogP contribution in [0.15, 0.2) is 18.2 Å². The van der Waals surface area contributed by atoms with Crippen molar-refractivity contribution in [2.24, 2.45) is 0 Å². The quantitative estimate of drug-likeness (QED) is 0.477. The molecule has 0 bridgehead atoms. The van der Waals surface area contributed by atoms with E-state index in [9.17, 15) is 0 Å². The summed E-state index contributed by atoms with van der Waals surface area (Å²) in [5.41, 5.74) is 1.24. The van der Waals surface area contributed by atoms with Gasteiger partial charge in [-0.05, 0) is 0 Å². The molecule has 10 heavy (non-hydrogen) atoms. The van der Waals surface area contributed by atoms with Gasteiger partial charge in [-0.15, -0.1) is 0 Å². The molecule has 56 valence electrons. The molecule has 0 aliphatic heterocycles. The summed E-state index contributed by atoms with van der Waals surface area (Å²) in [5, 5.41) is 0.940. The fourth-order valence-corrected chi connectivity index (χ4v) is 2.68. The van der Waals surface area contributed by atoms with E-state index < -0.39 is 0 Å². The number of hydrogen-bond acceptors (Lipinski definition) is 0. The molecular formula is C8H9ClI-. The van der Waals surface area contributed by atoms with Crippen LogP contribution in [0, 0.1) is 10.5 Å². The van der Waals surface area contributed by atoms with E-state index in [2.05, 4.69) is 24.0 Å². The van der Waals surface area contributed by atoms with Gasteiger partial charge in [0.2, 0.25) is 0 Å². The summed E-state index contributed by atoms with van der Waals surface area (Å²) < 4.78 is 1.34. The molecule has 0 aliphatic carbocycles. The van der Waals surface area contributed by atoms with Crippen LogP contribution in [0.1, 0.15) is 5.56 Å². The Kier molecular flexibility index (Phi) is 2.98. The molecule has 2 heteroatoms. The Balaban J connectivity index is 3.07. The molecule has 0 saturated carbocycles. The maximum atomic E-state index is 5.96. The van der Waals surface area contributed by atoms with Crippen molar-refractivity contribution in [1.82, 2.24) is 0 Å². The minimum absolute atomic E-state index is 0.143. The summed E-state index contributed by atoms with van der Waals surface area (Å²) >= 11 is 6.10. The van der Waals surface area contributed by atoms with Crippen LogP contribution in [0.2, 0.25) is 5.02 Å². The molecule has 1 aromatic rings. The summed E-state index contributed by atoms with van der Waals surface area (Å²) in [6.45, 7) is 2.06. The third-order valence-corrected chi connectivity index (χ3v) is 4.01. The summed E-state index contributed by atoms with van der Waals surface area (Å²) in [5.74, 6) is 0. The topological polar surface area (TPSA) is 0 Å². The average Bonchev–Trinajstić information content (AvgIpc) is 1.88. The first-order valence-corrected chi connectivity index (χ1v) is 6.61. The van der Waals surface area contributed by atoms with Gasteiger partial charge >= 0.3 is 77.0 Å². The fourth-order valence-electron chi connectivity index (χ4n) is 0.754. The van der Waals surface area contributed by atoms with Crippen molar-refractivity contribution in [3.05, 3.63) is 32.4 Å². The van der Waals surface area contributed by atoms with E-state index in [4.69, 9.17) is 11.6 Å². The van der Waals surface area contributed by atoms with Crippen molar-refractivity contribution in [2.45, 2.75) is 6.92 Å². The van der Waals surface area contributed by atoms with Gasteiger partial charge in [-0.2, -0.15) is 0 Å². The normalized spacial score (nSPS) is 10.3. The summed E-state index contributed by atoms with van der Waals surface area (Å²) in [6, 6.07) is 6.27. The van der Waals surface area contributed by atoms with Crippen LogP contribution in [0.3, 0.4) is 0 Å². The zero-order valence-electron chi connectivity index (χ0n) is 5.99. The Labute approximate surface area is 76.9 Å². The SMILES string of the molecule is C[I-]c1ccc(C)cc1Cl. The molecule has 1 aromatic carbocycles. The van der Waals surface area contributed by atoms with Crippen molar-refractivity contribution in [3.63, 3.8) is 0 Å². The first kappa shape index (κ1) is 8.34. The van der Waals surface area contributed by atoms with Gasteiger partial charge in [0.15, 0.2) is 0 Å². The predicted octanol–water partition coefficient (Wildman–Crippen LogP) is -0.463. The number of benzene rings is 1. The maximum absolute atomic E-state index is 5.96. The van der Waals surface area contributed by atoms with Crippen LogP contribution in [-0.2, 0) is 0 Å². The third-order valence-electron chi connectivity index (χ3n) is 1.28. The van der Waals surface area contributed by atoms with Crippen molar-refractivity contribution < 1.29 is 21.2 Å². The molecule has 0 radical (unpaired) electrons. The van der Waals surface area contributed by atoms with E-state index in [-0.39, 0.29) is 21.2 Å². The number of hydrogen-bond donors (Lipinski definition) is 0. The molecule has 0 unspecified atom stereocenters. The molecule has 0 heterocycles. The van der Waals surface area contributed by atoms with Crippen molar-refractivity contribution in [2.75, 3.05) is 4.93 Å². The fraction of sp³-hybridized carbons (Fsp3) is 0.250. The molecule has 0 saturated heterocycles. The summed E-state index contributed by atoms with van der Waals surface area (Å²) in [7, 11) is 0. The van der Waals surface area contributed by atoms with E-state index in [1.807, 2.05) is 6.07 Å². The zero-order valence-corrected chi connectivity index (χ0v) is 8.90. The second-order valence-electron chi connectivity index (χ2n) is 2.11. The summed E-state index contributed by atoms with van der Waals surface area (Å²) in [4.78, 5) is 2.22. The third kappa shape index (κ3) is 1.86. The van der Waals surface area contributed by atoms with Gasteiger partial charge < -0.3 is 0 Å². The van der Waals surface area contributed by atoms with Gasteiger partial charge in [0.05, 0.1) is 0 Å². The van der Waals surface area contributed by atoms with Crippen LogP contribution in [-0.4, -0.2) is 4.93 Å². The van der Waals surface area contributed by atoms with E-state index >= 15 is 0 Å². The average molecular weight is 268 g/mol. The number of halogens is 2. The Hall–Kier alpha value is 0.240. The van der Waals surface area contributed by atoms with Crippen LogP contribution in [0.4, 0.5) is 0 Å². The van der Waals surface area contributed by atoms with Gasteiger partial charge in [0.25, 0.3) is 0 Å². The molecule has 0 fully saturated rings. The van der Waals surface area contributed by atoms with Crippen LogP contribution < -0.4 is 21.2 Å². The molecule has 0 atom stereocenters. The predicted molar refractivity (Wildman–Crippen MR) is 40.8 cm³/mol. The zero-order chi connectivity index (χ0) is 7.56. The molecular weight excluding hydrogens is 258 g/mol. The second-order valence-corrected chi connectivity index (χ2v) is 4.75. The molecule has 0 aromatic heterocycles. The van der Waals surface area contributed by atoms with Gasteiger partial charge in [-0.1, -0.05) is 0 Å². The number of rotatable bonds is 1. The van der Waals surface area contributed by atoms with Crippen LogP contribution >= 0.6 is 11.6 Å². The standard InChI is InChI=1S/C8H9ClI/c1-6-3-4-8(10-2)7(9)5-6/h3-5H,1-2H3/q-1. The molecule has 0 amide bonds. The Morgan fingerprint density at radius 2 is 2.10 bits per heavy atom. The second kappa shape index (κ2) is 3.58. The van der Waals surface area contributed by atoms with Crippen molar-refractivity contribution in [1.29, 1.82) is 0 Å². The van der Waals surface area contributed by atoms with E-state index in [1.54, 1.807) is 0 Å². The van der Waals surface area contributed by atoms with E-state index in [0.717, 1.165) is 5.02 Å². The monoisotopic (exact) mass is 267 g/mol. The van der Waals surface area contributed by atoms with Gasteiger partial charge in [-0.25, -0.2) is 0 Å². The van der Waals surface area contributed by atoms with Gasteiger partial charge in [0, 0.05) is 0 Å². The molecule has 0 nitrogen and oxygen atoms in total. The number of aryl methyl sites for hydroxylation is 1. The molecule has 1 rings (SSSR count). The molecule has 0 N–H and O–H groups in total. The van der Waals surface area contributed by atoms with Crippen LogP contribution in [0.5, 0.6) is 0 Å². The molecule has 0 aliphatic rings. The first-order valence-electron chi connectivity index (χ1n) is 2.99. The van der Waals surface area contributed by atoms with Crippen molar-refractivity contribution in [3.8, 4) is 0 Å². The number of alkyl halides is 1. The Morgan fingerprint density at radius 3 is 2.60 bits per heavy atom. The minimum atomic E-state index is 0.143. The Morgan fingerprint density at radius 1 is 1.40 bits per heavy atom. The first-order chi connectivity index (χ1) is 4.74.